The van der Waals surface area contributed by atoms with E-state index in [0.29, 0.717) is 24.4 Å². The van der Waals surface area contributed by atoms with E-state index in [1.165, 1.54) is 0 Å². The van der Waals surface area contributed by atoms with Crippen molar-refractivity contribution < 1.29 is 18.9 Å². The first kappa shape index (κ1) is 25.5. The molecule has 0 saturated carbocycles. The van der Waals surface area contributed by atoms with Gasteiger partial charge in [-0.3, -0.25) is 0 Å². The number of hydrogen-bond donors (Lipinski definition) is 0. The van der Waals surface area contributed by atoms with Gasteiger partial charge in [0.05, 0.1) is 38.6 Å². The molecule has 2 atom stereocenters. The Hall–Kier alpha value is 0.460. The molecule has 2 unspecified atom stereocenters. The average Bonchev–Trinajstić information content (AvgIpc) is 3.52. The minimum absolute atomic E-state index is 0.0501. The molecule has 4 aliphatic heterocycles. The van der Waals surface area contributed by atoms with E-state index in [1.807, 2.05) is 22.0 Å². The quantitative estimate of drug-likeness (QED) is 0.253. The molecule has 0 amide bonds. The smallest absolute Gasteiger partial charge is 0.104 e. The minimum atomic E-state index is 0.0501. The van der Waals surface area contributed by atoms with E-state index in [2.05, 4.69) is 64.0 Å². The lowest BCUT2D eigenvalue weighted by molar-refractivity contribution is -0.0645. The zero-order valence-electron chi connectivity index (χ0n) is 21.3. The van der Waals surface area contributed by atoms with Crippen molar-refractivity contribution in [2.24, 2.45) is 0 Å². The number of epoxide rings is 2. The fraction of sp³-hybridized carbons (Fsp3) is 1.00. The van der Waals surface area contributed by atoms with Gasteiger partial charge in [-0.2, -0.15) is 0 Å². The van der Waals surface area contributed by atoms with Gasteiger partial charge in [-0.25, -0.2) is 8.61 Å². The first-order valence-electron chi connectivity index (χ1n) is 12.2. The highest BCUT2D eigenvalue weighted by Gasteiger charge is 2.50. The molecule has 8 heteroatoms. The van der Waals surface area contributed by atoms with Crippen LogP contribution in [0.15, 0.2) is 0 Å². The largest absolute Gasteiger partial charge is 0.375 e. The molecule has 0 aromatic carbocycles. The zero-order chi connectivity index (χ0) is 23.4. The number of ether oxygens (including phenoxy) is 4. The SMILES string of the molecule is CC1(C)CC(OCC2CO2)CC(C)(C)N1SSN1C(C)(C)CC(OCC2CO2)CC1(C)C. The Bertz CT molecular complexity index is 572. The molecule has 186 valence electrons. The van der Waals surface area contributed by atoms with E-state index in [9.17, 15) is 0 Å². The van der Waals surface area contributed by atoms with Crippen LogP contribution in [0.25, 0.3) is 0 Å². The van der Waals surface area contributed by atoms with Crippen LogP contribution in [-0.2, 0) is 18.9 Å². The molecule has 4 fully saturated rings. The van der Waals surface area contributed by atoms with E-state index in [0.717, 1.165) is 52.1 Å². The third-order valence-electron chi connectivity index (χ3n) is 7.13. The maximum Gasteiger partial charge on any atom is 0.104 e. The highest BCUT2D eigenvalue weighted by Crippen LogP contribution is 2.53. The molecular formula is C24H44N2O4S2. The zero-order valence-corrected chi connectivity index (χ0v) is 22.9. The van der Waals surface area contributed by atoms with Crippen LogP contribution in [0.1, 0.15) is 81.1 Å². The Morgan fingerprint density at radius 1 is 0.625 bits per heavy atom. The molecule has 4 aliphatic rings. The maximum atomic E-state index is 6.24. The lowest BCUT2D eigenvalue weighted by Gasteiger charge is -2.57. The molecule has 0 radical (unpaired) electrons. The average molecular weight is 489 g/mol. The summed E-state index contributed by atoms with van der Waals surface area (Å²) in [6, 6.07) is 0. The molecule has 0 aromatic rings. The van der Waals surface area contributed by atoms with Gasteiger partial charge >= 0.3 is 0 Å². The van der Waals surface area contributed by atoms with Crippen LogP contribution in [-0.4, -0.2) is 81.6 Å². The van der Waals surface area contributed by atoms with E-state index < -0.39 is 0 Å². The van der Waals surface area contributed by atoms with Crippen molar-refractivity contribution in [1.82, 2.24) is 8.61 Å². The van der Waals surface area contributed by atoms with Crippen molar-refractivity contribution in [3.8, 4) is 0 Å². The molecular weight excluding hydrogens is 444 g/mol. The van der Waals surface area contributed by atoms with Gasteiger partial charge in [0.1, 0.15) is 12.2 Å². The Morgan fingerprint density at radius 2 is 0.906 bits per heavy atom. The summed E-state index contributed by atoms with van der Waals surface area (Å²) >= 11 is 0. The lowest BCUT2D eigenvalue weighted by atomic mass is 9.81. The van der Waals surface area contributed by atoms with Crippen LogP contribution in [0.5, 0.6) is 0 Å². The molecule has 0 spiro atoms. The van der Waals surface area contributed by atoms with Crippen molar-refractivity contribution in [2.45, 2.75) is 128 Å². The third kappa shape index (κ3) is 6.17. The van der Waals surface area contributed by atoms with Gasteiger partial charge in [0.25, 0.3) is 0 Å². The Kier molecular flexibility index (Phi) is 7.31. The maximum absolute atomic E-state index is 6.24. The second kappa shape index (κ2) is 9.16. The molecule has 0 aromatic heterocycles. The van der Waals surface area contributed by atoms with Gasteiger partial charge in [-0.05, 0) is 81.1 Å². The fourth-order valence-corrected chi connectivity index (χ4v) is 9.92. The standard InChI is InChI=1S/C24H44N2O4S2/c1-21(2)9-17(27-13-19-15-29-19)10-22(3,4)25(21)31-32-26-23(5,6)11-18(12-24(26,7)8)28-14-20-16-30-20/h17-20H,9-16H2,1-8H3. The summed E-state index contributed by atoms with van der Waals surface area (Å²) in [5, 5.41) is 0. The van der Waals surface area contributed by atoms with E-state index in [4.69, 9.17) is 18.9 Å². The first-order chi connectivity index (χ1) is 14.8. The van der Waals surface area contributed by atoms with E-state index in [-0.39, 0.29) is 22.2 Å². The molecule has 0 N–H and O–H groups in total. The van der Waals surface area contributed by atoms with Crippen LogP contribution in [0.2, 0.25) is 0 Å². The number of hydrogen-bond acceptors (Lipinski definition) is 8. The van der Waals surface area contributed by atoms with Crippen molar-refractivity contribution >= 4 is 22.0 Å². The fourth-order valence-electron chi connectivity index (χ4n) is 5.86. The minimum Gasteiger partial charge on any atom is -0.375 e. The van der Waals surface area contributed by atoms with Crippen molar-refractivity contribution in [1.29, 1.82) is 0 Å². The summed E-state index contributed by atoms with van der Waals surface area (Å²) in [7, 11) is 3.85. The Labute approximate surface area is 203 Å². The van der Waals surface area contributed by atoms with Crippen molar-refractivity contribution in [3.05, 3.63) is 0 Å². The van der Waals surface area contributed by atoms with Crippen LogP contribution < -0.4 is 0 Å². The third-order valence-corrected chi connectivity index (χ3v) is 10.6. The van der Waals surface area contributed by atoms with Crippen molar-refractivity contribution in [3.63, 3.8) is 0 Å². The van der Waals surface area contributed by atoms with Gasteiger partial charge < -0.3 is 18.9 Å². The number of piperidine rings is 2. The number of nitrogens with zero attached hydrogens (tertiary/aromatic N) is 2. The predicted molar refractivity (Wildman–Crippen MR) is 133 cm³/mol. The predicted octanol–water partition coefficient (Wildman–Crippen LogP) is 5.07. The number of rotatable bonds is 9. The Balaban J connectivity index is 1.37. The topological polar surface area (TPSA) is 50.0 Å². The molecule has 4 heterocycles. The van der Waals surface area contributed by atoms with Crippen LogP contribution in [0, 0.1) is 0 Å². The Morgan fingerprint density at radius 3 is 1.16 bits per heavy atom. The summed E-state index contributed by atoms with van der Waals surface area (Å²) in [6.45, 7) is 22.1. The monoisotopic (exact) mass is 488 g/mol. The van der Waals surface area contributed by atoms with Crippen LogP contribution in [0.4, 0.5) is 0 Å². The second-order valence-electron chi connectivity index (χ2n) is 12.6. The highest BCUT2D eigenvalue weighted by molar-refractivity contribution is 8.74. The second-order valence-corrected chi connectivity index (χ2v) is 14.5. The van der Waals surface area contributed by atoms with Gasteiger partial charge in [0, 0.05) is 44.1 Å². The van der Waals surface area contributed by atoms with E-state index in [1.54, 1.807) is 0 Å². The van der Waals surface area contributed by atoms with Crippen LogP contribution in [0.3, 0.4) is 0 Å². The summed E-state index contributed by atoms with van der Waals surface area (Å²) in [5.74, 6) is 0. The molecule has 4 saturated heterocycles. The van der Waals surface area contributed by atoms with Gasteiger partial charge in [0.15, 0.2) is 0 Å². The summed E-state index contributed by atoms with van der Waals surface area (Å²) in [6.07, 6.45) is 5.43. The van der Waals surface area contributed by atoms with Gasteiger partial charge in [-0.1, -0.05) is 0 Å². The molecule has 4 rings (SSSR count). The summed E-state index contributed by atoms with van der Waals surface area (Å²) in [4.78, 5) is 0. The highest BCUT2D eigenvalue weighted by atomic mass is 33.1. The van der Waals surface area contributed by atoms with E-state index >= 15 is 0 Å². The van der Waals surface area contributed by atoms with Gasteiger partial charge in [0.2, 0.25) is 0 Å². The summed E-state index contributed by atoms with van der Waals surface area (Å²) in [5.41, 5.74) is 0.200. The lowest BCUT2D eigenvalue weighted by Crippen LogP contribution is -2.60. The van der Waals surface area contributed by atoms with Crippen molar-refractivity contribution in [2.75, 3.05) is 26.4 Å². The molecule has 0 aliphatic carbocycles. The van der Waals surface area contributed by atoms with Crippen LogP contribution >= 0.6 is 22.0 Å². The molecule has 0 bridgehead atoms. The molecule has 32 heavy (non-hydrogen) atoms. The normalized spacial score (nSPS) is 34.5. The van der Waals surface area contributed by atoms with Gasteiger partial charge in [-0.15, -0.1) is 0 Å². The summed E-state index contributed by atoms with van der Waals surface area (Å²) < 4.78 is 28.4. The molecule has 6 nitrogen and oxygen atoms in total. The first-order valence-corrected chi connectivity index (χ1v) is 14.3.